The molecule has 0 aliphatic carbocycles. The highest BCUT2D eigenvalue weighted by atomic mass is 79.9. The number of hydrogen-bond donors (Lipinski definition) is 0. The SMILES string of the molecule is Cn1c(Br)ccc1CSc1ccccc1. The minimum absolute atomic E-state index is 1.01. The second-order valence-electron chi connectivity index (χ2n) is 3.31. The summed E-state index contributed by atoms with van der Waals surface area (Å²) in [5.74, 6) is 1.01. The predicted octanol–water partition coefficient (Wildman–Crippen LogP) is 4.08. The van der Waals surface area contributed by atoms with Crippen LogP contribution in [0.3, 0.4) is 0 Å². The Labute approximate surface area is 103 Å². The van der Waals surface area contributed by atoms with Gasteiger partial charge in [-0.2, -0.15) is 0 Å². The van der Waals surface area contributed by atoms with Crippen molar-refractivity contribution >= 4 is 27.7 Å². The van der Waals surface area contributed by atoms with Crippen molar-refractivity contribution in [2.45, 2.75) is 10.6 Å². The van der Waals surface area contributed by atoms with Crippen LogP contribution >= 0.6 is 27.7 Å². The molecule has 0 unspecified atom stereocenters. The number of aromatic nitrogens is 1. The second-order valence-corrected chi connectivity index (χ2v) is 5.17. The average Bonchev–Trinajstić information content (AvgIpc) is 2.59. The molecule has 3 heteroatoms. The minimum atomic E-state index is 1.01. The Bertz CT molecular complexity index is 436. The minimum Gasteiger partial charge on any atom is -0.342 e. The third-order valence-electron chi connectivity index (χ3n) is 2.29. The lowest BCUT2D eigenvalue weighted by atomic mass is 10.4. The summed E-state index contributed by atoms with van der Waals surface area (Å²) in [5.41, 5.74) is 1.33. The van der Waals surface area contributed by atoms with Gasteiger partial charge in [-0.15, -0.1) is 11.8 Å². The maximum Gasteiger partial charge on any atom is 0.0846 e. The van der Waals surface area contributed by atoms with E-state index in [0.717, 1.165) is 10.4 Å². The number of nitrogens with zero attached hydrogens (tertiary/aromatic N) is 1. The maximum atomic E-state index is 3.50. The van der Waals surface area contributed by atoms with E-state index >= 15 is 0 Å². The van der Waals surface area contributed by atoms with Crippen LogP contribution in [-0.4, -0.2) is 4.57 Å². The summed E-state index contributed by atoms with van der Waals surface area (Å²) in [7, 11) is 2.07. The van der Waals surface area contributed by atoms with E-state index in [4.69, 9.17) is 0 Å². The van der Waals surface area contributed by atoms with Crippen molar-refractivity contribution in [1.82, 2.24) is 4.57 Å². The van der Waals surface area contributed by atoms with Crippen molar-refractivity contribution in [3.8, 4) is 0 Å². The van der Waals surface area contributed by atoms with Crippen molar-refractivity contribution in [2.24, 2.45) is 7.05 Å². The third-order valence-corrected chi connectivity index (χ3v) is 4.14. The summed E-state index contributed by atoms with van der Waals surface area (Å²) < 4.78 is 3.29. The van der Waals surface area contributed by atoms with Crippen LogP contribution in [0.2, 0.25) is 0 Å². The summed E-state index contributed by atoms with van der Waals surface area (Å²) in [6.07, 6.45) is 0. The van der Waals surface area contributed by atoms with E-state index in [-0.39, 0.29) is 0 Å². The summed E-state index contributed by atoms with van der Waals surface area (Å²) in [4.78, 5) is 1.31. The highest BCUT2D eigenvalue weighted by Gasteiger charge is 2.02. The molecule has 0 saturated carbocycles. The first-order chi connectivity index (χ1) is 7.27. The fraction of sp³-hybridized carbons (Fsp3) is 0.167. The molecule has 1 aromatic carbocycles. The fourth-order valence-corrected chi connectivity index (χ4v) is 2.66. The van der Waals surface area contributed by atoms with Gasteiger partial charge in [-0.25, -0.2) is 0 Å². The van der Waals surface area contributed by atoms with Crippen molar-refractivity contribution in [3.05, 3.63) is 52.8 Å². The van der Waals surface area contributed by atoms with E-state index in [1.807, 2.05) is 17.8 Å². The monoisotopic (exact) mass is 281 g/mol. The fourth-order valence-electron chi connectivity index (χ4n) is 1.34. The number of hydrogen-bond acceptors (Lipinski definition) is 1. The van der Waals surface area contributed by atoms with Crippen LogP contribution in [0.15, 0.2) is 52.0 Å². The molecule has 1 heterocycles. The van der Waals surface area contributed by atoms with Crippen LogP contribution in [-0.2, 0) is 12.8 Å². The molecule has 0 saturated heterocycles. The average molecular weight is 282 g/mol. The molecular weight excluding hydrogens is 270 g/mol. The van der Waals surface area contributed by atoms with Gasteiger partial charge in [0.1, 0.15) is 0 Å². The molecule has 0 bridgehead atoms. The van der Waals surface area contributed by atoms with Gasteiger partial charge in [-0.1, -0.05) is 18.2 Å². The molecule has 1 aromatic heterocycles. The molecule has 1 nitrogen and oxygen atoms in total. The Morgan fingerprint density at radius 2 is 1.87 bits per heavy atom. The van der Waals surface area contributed by atoms with E-state index < -0.39 is 0 Å². The van der Waals surface area contributed by atoms with Crippen LogP contribution in [0.5, 0.6) is 0 Å². The molecule has 0 N–H and O–H groups in total. The zero-order valence-corrected chi connectivity index (χ0v) is 10.9. The third kappa shape index (κ3) is 2.67. The van der Waals surface area contributed by atoms with Crippen LogP contribution in [0.4, 0.5) is 0 Å². The topological polar surface area (TPSA) is 4.93 Å². The maximum absolute atomic E-state index is 3.50. The molecule has 0 fully saturated rings. The molecule has 15 heavy (non-hydrogen) atoms. The predicted molar refractivity (Wildman–Crippen MR) is 69.1 cm³/mol. The molecule has 2 rings (SSSR count). The summed E-state index contributed by atoms with van der Waals surface area (Å²) >= 11 is 5.36. The first kappa shape index (κ1) is 10.8. The molecule has 0 aliphatic heterocycles. The molecule has 0 spiro atoms. The molecule has 0 atom stereocenters. The first-order valence-corrected chi connectivity index (χ1v) is 6.53. The Kier molecular flexibility index (Phi) is 3.54. The zero-order valence-electron chi connectivity index (χ0n) is 8.48. The zero-order chi connectivity index (χ0) is 10.7. The van der Waals surface area contributed by atoms with E-state index in [2.05, 4.69) is 63.9 Å². The molecule has 2 aromatic rings. The molecule has 0 radical (unpaired) electrons. The molecule has 0 amide bonds. The van der Waals surface area contributed by atoms with Gasteiger partial charge in [0.05, 0.1) is 4.60 Å². The number of halogens is 1. The normalized spacial score (nSPS) is 10.5. The smallest absolute Gasteiger partial charge is 0.0846 e. The van der Waals surface area contributed by atoms with Crippen molar-refractivity contribution in [3.63, 3.8) is 0 Å². The van der Waals surface area contributed by atoms with Crippen LogP contribution in [0.1, 0.15) is 5.69 Å². The first-order valence-electron chi connectivity index (χ1n) is 4.75. The Morgan fingerprint density at radius 3 is 2.47 bits per heavy atom. The lowest BCUT2D eigenvalue weighted by molar-refractivity contribution is 0.853. The van der Waals surface area contributed by atoms with E-state index in [1.54, 1.807) is 0 Å². The van der Waals surface area contributed by atoms with Crippen molar-refractivity contribution in [1.29, 1.82) is 0 Å². The molecular formula is C12H12BrNS. The standard InChI is InChI=1S/C12H12BrNS/c1-14-10(7-8-12(14)13)9-15-11-5-3-2-4-6-11/h2-8H,9H2,1H3. The van der Waals surface area contributed by atoms with Gasteiger partial charge in [-0.3, -0.25) is 0 Å². The van der Waals surface area contributed by atoms with Gasteiger partial charge in [0.2, 0.25) is 0 Å². The van der Waals surface area contributed by atoms with Gasteiger partial charge in [0.25, 0.3) is 0 Å². The van der Waals surface area contributed by atoms with Gasteiger partial charge >= 0.3 is 0 Å². The second kappa shape index (κ2) is 4.90. The van der Waals surface area contributed by atoms with Gasteiger partial charge in [0.15, 0.2) is 0 Å². The quantitative estimate of drug-likeness (QED) is 0.768. The Balaban J connectivity index is 2.02. The Morgan fingerprint density at radius 1 is 1.13 bits per heavy atom. The van der Waals surface area contributed by atoms with Crippen molar-refractivity contribution < 1.29 is 0 Å². The highest BCUT2D eigenvalue weighted by molar-refractivity contribution is 9.10. The van der Waals surface area contributed by atoms with Gasteiger partial charge in [0, 0.05) is 23.4 Å². The molecule has 78 valence electrons. The highest BCUT2D eigenvalue weighted by Crippen LogP contribution is 2.24. The van der Waals surface area contributed by atoms with Crippen LogP contribution in [0, 0.1) is 0 Å². The number of thioether (sulfide) groups is 1. The number of rotatable bonds is 3. The molecule has 0 aliphatic rings. The van der Waals surface area contributed by atoms with Gasteiger partial charge in [-0.05, 0) is 40.2 Å². The van der Waals surface area contributed by atoms with E-state index in [9.17, 15) is 0 Å². The summed E-state index contributed by atoms with van der Waals surface area (Å²) in [5, 5.41) is 0. The largest absolute Gasteiger partial charge is 0.342 e. The van der Waals surface area contributed by atoms with Gasteiger partial charge < -0.3 is 4.57 Å². The summed E-state index contributed by atoms with van der Waals surface area (Å²) in [6.45, 7) is 0. The van der Waals surface area contributed by atoms with E-state index in [0.29, 0.717) is 0 Å². The van der Waals surface area contributed by atoms with Crippen molar-refractivity contribution in [2.75, 3.05) is 0 Å². The lowest BCUT2D eigenvalue weighted by Crippen LogP contribution is -1.93. The number of benzene rings is 1. The lowest BCUT2D eigenvalue weighted by Gasteiger charge is -2.04. The summed E-state index contributed by atoms with van der Waals surface area (Å²) in [6, 6.07) is 14.7. The van der Waals surface area contributed by atoms with Crippen LogP contribution in [0.25, 0.3) is 0 Å². The van der Waals surface area contributed by atoms with E-state index in [1.165, 1.54) is 10.6 Å². The van der Waals surface area contributed by atoms with Crippen LogP contribution < -0.4 is 0 Å². The Hall–Kier alpha value is -0.670.